The second kappa shape index (κ2) is 9.15. The Balaban J connectivity index is 1.58. The van der Waals surface area contributed by atoms with E-state index in [0.29, 0.717) is 17.9 Å². The number of methoxy groups -OCH3 is 1. The van der Waals surface area contributed by atoms with Crippen molar-refractivity contribution >= 4 is 10.9 Å². The van der Waals surface area contributed by atoms with Crippen molar-refractivity contribution in [3.8, 4) is 5.75 Å². The predicted octanol–water partition coefficient (Wildman–Crippen LogP) is 3.46. The van der Waals surface area contributed by atoms with Crippen LogP contribution in [0.5, 0.6) is 5.75 Å². The van der Waals surface area contributed by atoms with Crippen LogP contribution in [0.25, 0.3) is 10.9 Å². The summed E-state index contributed by atoms with van der Waals surface area (Å²) in [6.45, 7) is 4.35. The molecule has 2 aromatic heterocycles. The number of pyridine rings is 1. The van der Waals surface area contributed by atoms with Crippen molar-refractivity contribution in [3.05, 3.63) is 81.4 Å². The second-order valence-electron chi connectivity index (χ2n) is 8.69. The van der Waals surface area contributed by atoms with E-state index in [1.807, 2.05) is 43.3 Å². The van der Waals surface area contributed by atoms with E-state index >= 15 is 0 Å². The minimum absolute atomic E-state index is 0.0947. The van der Waals surface area contributed by atoms with Gasteiger partial charge >= 0.3 is 0 Å². The lowest BCUT2D eigenvalue weighted by atomic mass is 10.00. The van der Waals surface area contributed by atoms with Crippen LogP contribution in [-0.4, -0.2) is 50.3 Å². The standard InChI is InChI=1S/C25H28N6O2/c1-17-6-9-19-15-21(25(32)26-22(19)14-17)23(30-12-4-3-5-13-30)24-27-28-29-31(24)16-18-7-10-20(33-2)11-8-18/h6-11,14-15,23H,3-5,12-13,16H2,1-2H3,(H,26,32). The van der Waals surface area contributed by atoms with Gasteiger partial charge in [0.1, 0.15) is 11.8 Å². The molecule has 8 nitrogen and oxygen atoms in total. The van der Waals surface area contributed by atoms with Crippen LogP contribution < -0.4 is 10.3 Å². The van der Waals surface area contributed by atoms with Gasteiger partial charge in [0.15, 0.2) is 5.82 Å². The number of fused-ring (bicyclic) bond motifs is 1. The predicted molar refractivity (Wildman–Crippen MR) is 126 cm³/mol. The molecule has 1 fully saturated rings. The van der Waals surface area contributed by atoms with E-state index in [0.717, 1.165) is 53.7 Å². The van der Waals surface area contributed by atoms with Crippen LogP contribution in [0.15, 0.2) is 53.3 Å². The maximum absolute atomic E-state index is 13.3. The van der Waals surface area contributed by atoms with Crippen molar-refractivity contribution in [1.29, 1.82) is 0 Å². The highest BCUT2D eigenvalue weighted by Crippen LogP contribution is 2.29. The fourth-order valence-electron chi connectivity index (χ4n) is 4.63. The summed E-state index contributed by atoms with van der Waals surface area (Å²) >= 11 is 0. The lowest BCUT2D eigenvalue weighted by Crippen LogP contribution is -2.38. The smallest absolute Gasteiger partial charge is 0.253 e. The van der Waals surface area contributed by atoms with Crippen molar-refractivity contribution in [3.63, 3.8) is 0 Å². The number of nitrogens with zero attached hydrogens (tertiary/aromatic N) is 5. The molecule has 33 heavy (non-hydrogen) atoms. The number of tetrazole rings is 1. The minimum atomic E-state index is -0.312. The summed E-state index contributed by atoms with van der Waals surface area (Å²) in [5.41, 5.74) is 3.60. The zero-order chi connectivity index (χ0) is 22.8. The number of nitrogens with one attached hydrogen (secondary N) is 1. The Morgan fingerprint density at radius 3 is 2.61 bits per heavy atom. The molecule has 5 rings (SSSR count). The molecule has 1 saturated heterocycles. The molecule has 0 amide bonds. The summed E-state index contributed by atoms with van der Waals surface area (Å²) in [6, 6.07) is 15.7. The van der Waals surface area contributed by atoms with Gasteiger partial charge in [-0.2, -0.15) is 0 Å². The van der Waals surface area contributed by atoms with Crippen molar-refractivity contribution in [2.45, 2.75) is 38.8 Å². The number of benzene rings is 2. The van der Waals surface area contributed by atoms with Crippen LogP contribution in [0.3, 0.4) is 0 Å². The SMILES string of the molecule is COc1ccc(Cn2nnnc2C(c2cc3ccc(C)cc3[nH]c2=O)N2CCCCC2)cc1. The van der Waals surface area contributed by atoms with Crippen LogP contribution in [0.2, 0.25) is 0 Å². The van der Waals surface area contributed by atoms with E-state index in [1.165, 1.54) is 6.42 Å². The van der Waals surface area contributed by atoms with Gasteiger partial charge in [-0.25, -0.2) is 4.68 Å². The molecule has 170 valence electrons. The van der Waals surface area contributed by atoms with Gasteiger partial charge in [-0.15, -0.1) is 5.10 Å². The molecule has 1 unspecified atom stereocenters. The Morgan fingerprint density at radius 1 is 1.06 bits per heavy atom. The van der Waals surface area contributed by atoms with Crippen molar-refractivity contribution in [1.82, 2.24) is 30.1 Å². The van der Waals surface area contributed by atoms with Crippen molar-refractivity contribution in [2.24, 2.45) is 0 Å². The third kappa shape index (κ3) is 4.39. The van der Waals surface area contributed by atoms with Crippen LogP contribution in [0.1, 0.15) is 47.8 Å². The first kappa shape index (κ1) is 21.3. The van der Waals surface area contributed by atoms with Crippen molar-refractivity contribution < 1.29 is 4.74 Å². The highest BCUT2D eigenvalue weighted by atomic mass is 16.5. The van der Waals surface area contributed by atoms with E-state index in [1.54, 1.807) is 11.8 Å². The molecule has 8 heteroatoms. The number of aromatic amines is 1. The highest BCUT2D eigenvalue weighted by molar-refractivity contribution is 5.79. The Labute approximate surface area is 192 Å². The molecule has 0 bridgehead atoms. The number of ether oxygens (including phenoxy) is 1. The van der Waals surface area contributed by atoms with Crippen LogP contribution >= 0.6 is 0 Å². The number of piperidine rings is 1. The first-order valence-corrected chi connectivity index (χ1v) is 11.4. The lowest BCUT2D eigenvalue weighted by molar-refractivity contribution is 0.177. The maximum atomic E-state index is 13.3. The molecule has 1 atom stereocenters. The van der Waals surface area contributed by atoms with Gasteiger partial charge in [-0.1, -0.05) is 30.7 Å². The fraction of sp³-hybridized carbons (Fsp3) is 0.360. The number of aromatic nitrogens is 5. The van der Waals surface area contributed by atoms with E-state index in [-0.39, 0.29) is 11.6 Å². The van der Waals surface area contributed by atoms with Crippen molar-refractivity contribution in [2.75, 3.05) is 20.2 Å². The van der Waals surface area contributed by atoms with Gasteiger partial charge in [-0.05, 0) is 84.1 Å². The van der Waals surface area contributed by atoms with Crippen LogP contribution in [0, 0.1) is 6.92 Å². The Bertz CT molecular complexity index is 1300. The largest absolute Gasteiger partial charge is 0.497 e. The summed E-state index contributed by atoms with van der Waals surface area (Å²) in [6.07, 6.45) is 3.40. The van der Waals surface area contributed by atoms with Gasteiger partial charge in [0.2, 0.25) is 0 Å². The summed E-state index contributed by atoms with van der Waals surface area (Å²) < 4.78 is 7.07. The van der Waals surface area contributed by atoms with E-state index in [2.05, 4.69) is 37.5 Å². The van der Waals surface area contributed by atoms with E-state index < -0.39 is 0 Å². The first-order chi connectivity index (χ1) is 16.1. The molecule has 1 aliphatic heterocycles. The maximum Gasteiger partial charge on any atom is 0.253 e. The van der Waals surface area contributed by atoms with Gasteiger partial charge in [-0.3, -0.25) is 9.69 Å². The van der Waals surface area contributed by atoms with Gasteiger partial charge in [0.05, 0.1) is 13.7 Å². The van der Waals surface area contributed by atoms with Crippen LogP contribution in [0.4, 0.5) is 0 Å². The number of H-pyrrole nitrogens is 1. The molecule has 0 saturated carbocycles. The van der Waals surface area contributed by atoms with Gasteiger partial charge < -0.3 is 9.72 Å². The quantitative estimate of drug-likeness (QED) is 0.490. The van der Waals surface area contributed by atoms with E-state index in [9.17, 15) is 4.79 Å². The Kier molecular flexibility index (Phi) is 5.92. The fourth-order valence-corrected chi connectivity index (χ4v) is 4.63. The Hall–Kier alpha value is -3.52. The van der Waals surface area contributed by atoms with Crippen LogP contribution in [-0.2, 0) is 6.54 Å². The molecule has 0 spiro atoms. The zero-order valence-electron chi connectivity index (χ0n) is 19.0. The Morgan fingerprint density at radius 2 is 1.85 bits per heavy atom. The summed E-state index contributed by atoms with van der Waals surface area (Å²) in [5, 5.41) is 13.7. The molecule has 3 heterocycles. The summed E-state index contributed by atoms with van der Waals surface area (Å²) in [4.78, 5) is 18.7. The molecular weight excluding hydrogens is 416 g/mol. The number of hydrogen-bond donors (Lipinski definition) is 1. The second-order valence-corrected chi connectivity index (χ2v) is 8.69. The summed E-state index contributed by atoms with van der Waals surface area (Å²) in [7, 11) is 1.65. The molecule has 4 aromatic rings. The van der Waals surface area contributed by atoms with Gasteiger partial charge in [0, 0.05) is 11.1 Å². The average Bonchev–Trinajstić information content (AvgIpc) is 3.28. The topological polar surface area (TPSA) is 88.9 Å². The molecule has 1 aliphatic rings. The number of rotatable bonds is 6. The third-order valence-electron chi connectivity index (χ3n) is 6.38. The number of aryl methyl sites for hydroxylation is 1. The molecule has 0 radical (unpaired) electrons. The summed E-state index contributed by atoms with van der Waals surface area (Å²) in [5.74, 6) is 1.49. The average molecular weight is 445 g/mol. The number of likely N-dealkylation sites (tertiary alicyclic amines) is 1. The zero-order valence-corrected chi connectivity index (χ0v) is 19.0. The molecule has 2 aromatic carbocycles. The number of hydrogen-bond acceptors (Lipinski definition) is 6. The van der Waals surface area contributed by atoms with Gasteiger partial charge in [0.25, 0.3) is 5.56 Å². The minimum Gasteiger partial charge on any atom is -0.497 e. The normalized spacial score (nSPS) is 15.6. The molecule has 1 N–H and O–H groups in total. The third-order valence-corrected chi connectivity index (χ3v) is 6.38. The van der Waals surface area contributed by atoms with E-state index in [4.69, 9.17) is 4.74 Å². The highest BCUT2D eigenvalue weighted by Gasteiger charge is 2.31. The first-order valence-electron chi connectivity index (χ1n) is 11.4. The molecule has 0 aliphatic carbocycles. The lowest BCUT2D eigenvalue weighted by Gasteiger charge is -2.33. The monoisotopic (exact) mass is 444 g/mol. The molecular formula is C25H28N6O2.